The van der Waals surface area contributed by atoms with Gasteiger partial charge < -0.3 is 10.1 Å². The quantitative estimate of drug-likeness (QED) is 0.596. The molecule has 0 spiro atoms. The van der Waals surface area contributed by atoms with Crippen LogP contribution in [0.1, 0.15) is 35.5 Å². The maximum atomic E-state index is 12.6. The van der Waals surface area contributed by atoms with Gasteiger partial charge in [-0.1, -0.05) is 26.0 Å². The second-order valence-corrected chi connectivity index (χ2v) is 7.51. The van der Waals surface area contributed by atoms with Crippen molar-refractivity contribution in [2.45, 2.75) is 31.7 Å². The molecule has 1 amide bonds. The van der Waals surface area contributed by atoms with E-state index in [4.69, 9.17) is 4.74 Å². The molecule has 0 aliphatic heterocycles. The van der Waals surface area contributed by atoms with E-state index in [1.165, 1.54) is 4.90 Å². The number of hydrogen-bond acceptors (Lipinski definition) is 4. The first-order valence-corrected chi connectivity index (χ1v) is 10.1. The van der Waals surface area contributed by atoms with Crippen molar-refractivity contribution >= 4 is 28.4 Å². The second-order valence-electron chi connectivity index (χ2n) is 6.17. The van der Waals surface area contributed by atoms with Crippen LogP contribution >= 0.6 is 11.8 Å². The molecule has 0 aliphatic rings. The fourth-order valence-electron chi connectivity index (χ4n) is 2.91. The fourth-order valence-corrected chi connectivity index (χ4v) is 3.57. The Balaban J connectivity index is 1.75. The predicted octanol–water partition coefficient (Wildman–Crippen LogP) is 4.85. The molecule has 1 N–H and O–H groups in total. The Morgan fingerprint density at radius 2 is 1.89 bits per heavy atom. The van der Waals surface area contributed by atoms with Crippen LogP contribution in [0.15, 0.2) is 53.4 Å². The van der Waals surface area contributed by atoms with Crippen LogP contribution < -0.4 is 10.1 Å². The minimum atomic E-state index is -0.0854. The van der Waals surface area contributed by atoms with E-state index in [1.54, 1.807) is 7.11 Å². The van der Waals surface area contributed by atoms with E-state index in [0.717, 1.165) is 34.2 Å². The second kappa shape index (κ2) is 8.91. The van der Waals surface area contributed by atoms with E-state index >= 15 is 0 Å². The lowest BCUT2D eigenvalue weighted by molar-refractivity contribution is 0.0951. The van der Waals surface area contributed by atoms with E-state index < -0.39 is 0 Å². The highest BCUT2D eigenvalue weighted by molar-refractivity contribution is 7.99. The fraction of sp³-hybridized carbons (Fsp3) is 0.273. The lowest BCUT2D eigenvalue weighted by atomic mass is 10.1. The Morgan fingerprint density at radius 3 is 2.56 bits per heavy atom. The molecule has 4 nitrogen and oxygen atoms in total. The summed E-state index contributed by atoms with van der Waals surface area (Å²) in [6, 6.07) is 15.9. The molecular formula is C22H24N2O2S. The maximum absolute atomic E-state index is 12.6. The third-order valence-corrected chi connectivity index (χ3v) is 5.25. The van der Waals surface area contributed by atoms with Crippen molar-refractivity contribution in [2.24, 2.45) is 0 Å². The van der Waals surface area contributed by atoms with Crippen LogP contribution in [0.2, 0.25) is 0 Å². The van der Waals surface area contributed by atoms with Crippen LogP contribution in [-0.2, 0) is 13.0 Å². The summed E-state index contributed by atoms with van der Waals surface area (Å²) in [4.78, 5) is 18.3. The first-order chi connectivity index (χ1) is 13.1. The van der Waals surface area contributed by atoms with Crippen LogP contribution in [-0.4, -0.2) is 23.8 Å². The van der Waals surface area contributed by atoms with Crippen molar-refractivity contribution in [1.29, 1.82) is 0 Å². The molecule has 1 aromatic heterocycles. The molecule has 0 atom stereocenters. The zero-order valence-corrected chi connectivity index (χ0v) is 16.7. The SMILES string of the molecule is CCSc1ccc(CNC(=O)c2ccc3c(OC)nc(CC)cc3c2)cc1. The molecule has 27 heavy (non-hydrogen) atoms. The molecule has 3 rings (SSSR count). The Kier molecular flexibility index (Phi) is 6.35. The molecule has 0 saturated heterocycles. The number of nitrogens with zero attached hydrogens (tertiary/aromatic N) is 1. The number of aryl methyl sites for hydroxylation is 1. The number of thioether (sulfide) groups is 1. The van der Waals surface area contributed by atoms with Crippen LogP contribution in [0, 0.1) is 0 Å². The molecule has 0 unspecified atom stereocenters. The molecule has 5 heteroatoms. The summed E-state index contributed by atoms with van der Waals surface area (Å²) in [5, 5.41) is 4.87. The highest BCUT2D eigenvalue weighted by atomic mass is 32.2. The number of carbonyl (C=O) groups excluding carboxylic acids is 1. The highest BCUT2D eigenvalue weighted by Gasteiger charge is 2.10. The molecule has 2 aromatic carbocycles. The first-order valence-electron chi connectivity index (χ1n) is 9.12. The van der Waals surface area contributed by atoms with Gasteiger partial charge in [0.25, 0.3) is 5.91 Å². The van der Waals surface area contributed by atoms with Gasteiger partial charge >= 0.3 is 0 Å². The van der Waals surface area contributed by atoms with Crippen LogP contribution in [0.4, 0.5) is 0 Å². The number of rotatable bonds is 7. The lowest BCUT2D eigenvalue weighted by Gasteiger charge is -2.10. The van der Waals surface area contributed by atoms with Gasteiger partial charge in [0, 0.05) is 28.1 Å². The van der Waals surface area contributed by atoms with Crippen molar-refractivity contribution < 1.29 is 9.53 Å². The molecule has 0 bridgehead atoms. The Morgan fingerprint density at radius 1 is 1.11 bits per heavy atom. The number of methoxy groups -OCH3 is 1. The number of nitrogens with one attached hydrogen (secondary N) is 1. The number of benzene rings is 2. The van der Waals surface area contributed by atoms with Crippen molar-refractivity contribution in [3.05, 3.63) is 65.4 Å². The van der Waals surface area contributed by atoms with Gasteiger partial charge in [0.05, 0.1) is 7.11 Å². The summed E-state index contributed by atoms with van der Waals surface area (Å²) in [6.45, 7) is 4.69. The Hall–Kier alpha value is -2.53. The molecule has 3 aromatic rings. The van der Waals surface area contributed by atoms with Gasteiger partial charge in [-0.3, -0.25) is 4.79 Å². The summed E-state index contributed by atoms with van der Waals surface area (Å²) in [5.41, 5.74) is 2.67. The third-order valence-electron chi connectivity index (χ3n) is 4.35. The monoisotopic (exact) mass is 380 g/mol. The molecule has 0 saturated carbocycles. The van der Waals surface area contributed by atoms with Gasteiger partial charge in [0.15, 0.2) is 0 Å². The van der Waals surface area contributed by atoms with E-state index in [9.17, 15) is 4.79 Å². The number of hydrogen-bond donors (Lipinski definition) is 1. The average molecular weight is 381 g/mol. The summed E-state index contributed by atoms with van der Waals surface area (Å²) < 4.78 is 5.39. The summed E-state index contributed by atoms with van der Waals surface area (Å²) >= 11 is 1.81. The summed E-state index contributed by atoms with van der Waals surface area (Å²) in [6.07, 6.45) is 0.815. The lowest BCUT2D eigenvalue weighted by Crippen LogP contribution is -2.22. The van der Waals surface area contributed by atoms with Crippen molar-refractivity contribution in [2.75, 3.05) is 12.9 Å². The van der Waals surface area contributed by atoms with Gasteiger partial charge in [-0.2, -0.15) is 0 Å². The zero-order chi connectivity index (χ0) is 19.2. The van der Waals surface area contributed by atoms with E-state index in [2.05, 4.69) is 48.4 Å². The minimum absolute atomic E-state index is 0.0854. The molecular weight excluding hydrogens is 356 g/mol. The standard InChI is InChI=1S/C22H24N2O2S/c1-4-18-13-17-12-16(8-11-20(17)22(24-18)26-3)21(25)23-14-15-6-9-19(10-7-15)27-5-2/h6-13H,4-5,14H2,1-3H3,(H,23,25). The molecule has 140 valence electrons. The number of carbonyl (C=O) groups is 1. The van der Waals surface area contributed by atoms with E-state index in [1.807, 2.05) is 36.0 Å². The molecule has 0 radical (unpaired) electrons. The van der Waals surface area contributed by atoms with E-state index in [0.29, 0.717) is 18.0 Å². The number of pyridine rings is 1. The van der Waals surface area contributed by atoms with Gasteiger partial charge in [-0.05, 0) is 59.5 Å². The third kappa shape index (κ3) is 4.61. The number of ether oxygens (including phenoxy) is 1. The largest absolute Gasteiger partial charge is 0.481 e. The molecule has 0 fully saturated rings. The topological polar surface area (TPSA) is 51.2 Å². The normalized spacial score (nSPS) is 10.8. The van der Waals surface area contributed by atoms with Crippen LogP contribution in [0.3, 0.4) is 0 Å². The highest BCUT2D eigenvalue weighted by Crippen LogP contribution is 2.26. The van der Waals surface area contributed by atoms with Crippen molar-refractivity contribution in [3.63, 3.8) is 0 Å². The van der Waals surface area contributed by atoms with Crippen LogP contribution in [0.5, 0.6) is 5.88 Å². The zero-order valence-electron chi connectivity index (χ0n) is 15.9. The molecule has 0 aliphatic carbocycles. The Labute approximate surface area is 164 Å². The van der Waals surface area contributed by atoms with E-state index in [-0.39, 0.29) is 5.91 Å². The van der Waals surface area contributed by atoms with Gasteiger partial charge in [-0.15, -0.1) is 11.8 Å². The average Bonchev–Trinajstić information content (AvgIpc) is 2.71. The summed E-state index contributed by atoms with van der Waals surface area (Å²) in [5.74, 6) is 1.57. The van der Waals surface area contributed by atoms with Gasteiger partial charge in [0.1, 0.15) is 0 Å². The predicted molar refractivity (Wildman–Crippen MR) is 112 cm³/mol. The number of amides is 1. The number of fused-ring (bicyclic) bond motifs is 1. The van der Waals surface area contributed by atoms with Crippen LogP contribution in [0.25, 0.3) is 10.8 Å². The van der Waals surface area contributed by atoms with Crippen molar-refractivity contribution in [1.82, 2.24) is 10.3 Å². The maximum Gasteiger partial charge on any atom is 0.251 e. The van der Waals surface area contributed by atoms with Gasteiger partial charge in [-0.25, -0.2) is 4.98 Å². The Bertz CT molecular complexity index is 939. The first kappa shape index (κ1) is 19.2. The summed E-state index contributed by atoms with van der Waals surface area (Å²) in [7, 11) is 1.62. The number of aromatic nitrogens is 1. The van der Waals surface area contributed by atoms with Crippen molar-refractivity contribution in [3.8, 4) is 5.88 Å². The van der Waals surface area contributed by atoms with Gasteiger partial charge in [0.2, 0.25) is 5.88 Å². The smallest absolute Gasteiger partial charge is 0.251 e. The minimum Gasteiger partial charge on any atom is -0.481 e. The molecule has 1 heterocycles.